The summed E-state index contributed by atoms with van der Waals surface area (Å²) >= 11 is 1.87. The van der Waals surface area contributed by atoms with E-state index in [1.807, 2.05) is 72.0 Å². The van der Waals surface area contributed by atoms with Gasteiger partial charge in [0.05, 0.1) is 17.1 Å². The fourth-order valence-electron chi connectivity index (χ4n) is 10.7. The van der Waals surface area contributed by atoms with Crippen LogP contribution in [0.2, 0.25) is 0 Å². The molecule has 0 radical (unpaired) electrons. The second-order valence-electron chi connectivity index (χ2n) is 17.9. The third-order valence-electron chi connectivity index (χ3n) is 13.9. The second-order valence-corrected chi connectivity index (χ2v) is 19.0. The lowest BCUT2D eigenvalue weighted by molar-refractivity contribution is 0.831. The Balaban J connectivity index is 0.809. The van der Waals surface area contributed by atoms with E-state index in [9.17, 15) is 0 Å². The average Bonchev–Trinajstić information content (AvgIpc) is 4.08. The van der Waals surface area contributed by atoms with E-state index in [1.165, 1.54) is 75.7 Å². The zero-order valence-electron chi connectivity index (χ0n) is 37.4. The maximum absolute atomic E-state index is 4.98. The van der Waals surface area contributed by atoms with E-state index in [1.54, 1.807) is 0 Å². The number of benzene rings is 9. The lowest BCUT2D eigenvalue weighted by Crippen LogP contribution is -2.27. The molecule has 1 aliphatic carbocycles. The van der Waals surface area contributed by atoms with Crippen molar-refractivity contribution in [3.8, 4) is 51.0 Å². The molecule has 14 rings (SSSR count). The van der Waals surface area contributed by atoms with E-state index in [-0.39, 0.29) is 6.04 Å². The first-order valence-corrected chi connectivity index (χ1v) is 24.3. The summed E-state index contributed by atoms with van der Waals surface area (Å²) in [7, 11) is 0. The van der Waals surface area contributed by atoms with Crippen LogP contribution in [0.3, 0.4) is 0 Å². The van der Waals surface area contributed by atoms with Crippen molar-refractivity contribution in [1.29, 1.82) is 0 Å². The highest BCUT2D eigenvalue weighted by Gasteiger charge is 2.35. The average molecular weight is 900 g/mol. The summed E-state index contributed by atoms with van der Waals surface area (Å²) in [5, 5.41) is 5.04. The highest BCUT2D eigenvalue weighted by Crippen LogP contribution is 2.49. The summed E-state index contributed by atoms with van der Waals surface area (Å²) < 4.78 is 4.98. The number of allylic oxidation sites excluding steroid dienone is 2. The van der Waals surface area contributed by atoms with Gasteiger partial charge in [-0.3, -0.25) is 0 Å². The Morgan fingerprint density at radius 2 is 0.928 bits per heavy atom. The third-order valence-corrected chi connectivity index (χ3v) is 15.1. The van der Waals surface area contributed by atoms with Gasteiger partial charge in [0.15, 0.2) is 17.5 Å². The first kappa shape index (κ1) is 39.5. The summed E-state index contributed by atoms with van der Waals surface area (Å²) in [6.45, 7) is 0. The molecule has 3 aromatic heterocycles. The first-order valence-electron chi connectivity index (χ1n) is 23.5. The van der Waals surface area contributed by atoms with Crippen LogP contribution in [0.5, 0.6) is 0 Å². The van der Waals surface area contributed by atoms with Crippen molar-refractivity contribution in [2.75, 3.05) is 4.90 Å². The van der Waals surface area contributed by atoms with Crippen molar-refractivity contribution in [1.82, 2.24) is 19.5 Å². The number of rotatable bonds is 7. The molecule has 1 aliphatic heterocycles. The summed E-state index contributed by atoms with van der Waals surface area (Å²) in [4.78, 5) is 17.4. The number of para-hydroxylation sites is 3. The number of hydrogen-bond acceptors (Lipinski definition) is 5. The van der Waals surface area contributed by atoms with Crippen molar-refractivity contribution < 1.29 is 0 Å². The molecule has 0 spiro atoms. The van der Waals surface area contributed by atoms with Crippen molar-refractivity contribution in [2.24, 2.45) is 0 Å². The first-order chi connectivity index (χ1) is 34.2. The summed E-state index contributed by atoms with van der Waals surface area (Å²) in [6, 6.07) is 78.5. The van der Waals surface area contributed by atoms with Crippen molar-refractivity contribution in [3.63, 3.8) is 0 Å². The van der Waals surface area contributed by atoms with Gasteiger partial charge in [0.1, 0.15) is 0 Å². The Labute approximate surface area is 403 Å². The summed E-state index contributed by atoms with van der Waals surface area (Å²) in [5.74, 6) is 1.94. The van der Waals surface area contributed by atoms with Crippen LogP contribution < -0.4 is 4.90 Å². The molecule has 0 amide bonds. The second kappa shape index (κ2) is 16.0. The third kappa shape index (κ3) is 6.63. The van der Waals surface area contributed by atoms with Crippen LogP contribution in [0.4, 0.5) is 11.4 Å². The van der Waals surface area contributed by atoms with Gasteiger partial charge in [-0.05, 0) is 125 Å². The number of aromatic nitrogens is 4. The quantitative estimate of drug-likeness (QED) is 0.160. The molecule has 5 nitrogen and oxygen atoms in total. The predicted octanol–water partition coefficient (Wildman–Crippen LogP) is 16.4. The van der Waals surface area contributed by atoms with Crippen molar-refractivity contribution >= 4 is 75.8 Å². The Kier molecular flexibility index (Phi) is 9.14. The fraction of sp³-hybridized carbons (Fsp3) is 0.0317. The SMILES string of the molecule is C1=C(c2ccc3sc4ccc(-c5ccc6c(c5)c5ccccc5n6-c5ccc(-c6nc(-c7ccccc7)nc(-c7ccccc7)n6)cc5)cc4c3c2)C=C2c3ccccc3N(c3ccccc3)C2C1. The van der Waals surface area contributed by atoms with Gasteiger partial charge >= 0.3 is 0 Å². The smallest absolute Gasteiger partial charge is 0.164 e. The number of anilines is 2. The number of fused-ring (bicyclic) bond motifs is 9. The van der Waals surface area contributed by atoms with Crippen LogP contribution in [-0.4, -0.2) is 25.6 Å². The normalized spacial score (nSPS) is 14.3. The Bertz CT molecular complexity index is 3980. The molecule has 0 fully saturated rings. The summed E-state index contributed by atoms with van der Waals surface area (Å²) in [5.41, 5.74) is 16.4. The zero-order chi connectivity index (χ0) is 45.4. The highest BCUT2D eigenvalue weighted by molar-refractivity contribution is 7.25. The van der Waals surface area contributed by atoms with Gasteiger partial charge in [-0.25, -0.2) is 15.0 Å². The topological polar surface area (TPSA) is 46.8 Å². The molecule has 0 bridgehead atoms. The minimum atomic E-state index is 0.282. The van der Waals surface area contributed by atoms with Crippen LogP contribution in [0.25, 0.3) is 104 Å². The Hall–Kier alpha value is -8.71. The maximum Gasteiger partial charge on any atom is 0.164 e. The molecular weight excluding hydrogens is 859 g/mol. The lowest BCUT2D eigenvalue weighted by Gasteiger charge is -2.29. The molecule has 1 atom stereocenters. The zero-order valence-corrected chi connectivity index (χ0v) is 38.2. The molecule has 0 saturated heterocycles. The standard InChI is InChI=1S/C63H41N5S/c1-4-14-40(15-5-1)61-64-62(41-16-6-2-7-17-41)66-63(65-61)42-24-30-48(31-25-42)68-56-23-13-11-21-50(56)52-37-44(27-33-58(52)68)46-29-35-60-54(39-46)53-38-45(28-34-59(53)69-60)43-26-32-57-51(36-43)49-20-10-12-22-55(49)67(57)47-18-8-3-9-19-47/h1-31,33-39,57H,32H2. The van der Waals surface area contributed by atoms with Gasteiger partial charge in [-0.2, -0.15) is 0 Å². The molecule has 324 valence electrons. The minimum absolute atomic E-state index is 0.282. The van der Waals surface area contributed by atoms with Gasteiger partial charge in [-0.1, -0.05) is 140 Å². The van der Waals surface area contributed by atoms with E-state index in [4.69, 9.17) is 15.0 Å². The van der Waals surface area contributed by atoms with Crippen LogP contribution in [0, 0.1) is 0 Å². The Morgan fingerprint density at radius 3 is 1.62 bits per heavy atom. The van der Waals surface area contributed by atoms with Crippen LogP contribution in [0.1, 0.15) is 17.5 Å². The largest absolute Gasteiger partial charge is 0.333 e. The maximum atomic E-state index is 4.98. The van der Waals surface area contributed by atoms with E-state index in [2.05, 4.69) is 179 Å². The number of hydrogen-bond donors (Lipinski definition) is 0. The van der Waals surface area contributed by atoms with Crippen LogP contribution in [-0.2, 0) is 0 Å². The molecule has 4 heterocycles. The van der Waals surface area contributed by atoms with E-state index >= 15 is 0 Å². The van der Waals surface area contributed by atoms with Crippen LogP contribution in [0.15, 0.2) is 231 Å². The van der Waals surface area contributed by atoms with Gasteiger partial charge in [-0.15, -0.1) is 11.3 Å². The van der Waals surface area contributed by atoms with E-state index in [0.717, 1.165) is 39.8 Å². The van der Waals surface area contributed by atoms with Gasteiger partial charge in [0, 0.05) is 70.3 Å². The molecule has 69 heavy (non-hydrogen) atoms. The molecule has 6 heteroatoms. The predicted molar refractivity (Wildman–Crippen MR) is 288 cm³/mol. The van der Waals surface area contributed by atoms with E-state index in [0.29, 0.717) is 17.5 Å². The number of thiophene rings is 1. The molecule has 9 aromatic carbocycles. The highest BCUT2D eigenvalue weighted by atomic mass is 32.1. The molecule has 12 aromatic rings. The Morgan fingerprint density at radius 1 is 0.406 bits per heavy atom. The van der Waals surface area contributed by atoms with Gasteiger partial charge in [0.25, 0.3) is 0 Å². The van der Waals surface area contributed by atoms with E-state index < -0.39 is 0 Å². The monoisotopic (exact) mass is 899 g/mol. The van der Waals surface area contributed by atoms with Gasteiger partial charge in [0.2, 0.25) is 0 Å². The lowest BCUT2D eigenvalue weighted by atomic mass is 9.89. The molecular formula is C63H41N5S. The molecule has 1 unspecified atom stereocenters. The fourth-order valence-corrected chi connectivity index (χ4v) is 11.7. The van der Waals surface area contributed by atoms with Crippen LogP contribution >= 0.6 is 11.3 Å². The van der Waals surface area contributed by atoms with Crippen molar-refractivity contribution in [2.45, 2.75) is 12.5 Å². The number of nitrogens with zero attached hydrogens (tertiary/aromatic N) is 5. The molecule has 0 saturated carbocycles. The summed E-state index contributed by atoms with van der Waals surface area (Å²) in [6.07, 6.45) is 5.83. The van der Waals surface area contributed by atoms with Gasteiger partial charge < -0.3 is 9.47 Å². The molecule has 0 N–H and O–H groups in total. The molecule has 2 aliphatic rings. The van der Waals surface area contributed by atoms with Crippen molar-refractivity contribution in [3.05, 3.63) is 242 Å². The minimum Gasteiger partial charge on any atom is -0.333 e.